The molecule has 2 aliphatic carbocycles. The summed E-state index contributed by atoms with van der Waals surface area (Å²) in [4.78, 5) is 33.9. The van der Waals surface area contributed by atoms with Gasteiger partial charge in [-0.15, -0.1) is 0 Å². The summed E-state index contributed by atoms with van der Waals surface area (Å²) in [5.41, 5.74) is -0.0510. The minimum Gasteiger partial charge on any atom is -0.391 e. The van der Waals surface area contributed by atoms with Crippen molar-refractivity contribution < 1.29 is 24.3 Å². The Labute approximate surface area is 187 Å². The fraction of sp³-hybridized carbons (Fsp3) is 0.727. The van der Waals surface area contributed by atoms with Crippen LogP contribution in [0, 0.1) is 30.0 Å². The van der Waals surface area contributed by atoms with Crippen LogP contribution in [0.2, 0.25) is 0 Å². The number of nitrogens with one attached hydrogen (secondary N) is 1. The van der Waals surface area contributed by atoms with Gasteiger partial charge in [-0.25, -0.2) is 19.4 Å². The molecule has 2 heterocycles. The van der Waals surface area contributed by atoms with Crippen molar-refractivity contribution in [2.75, 3.05) is 24.5 Å². The maximum Gasteiger partial charge on any atom is 0.233 e. The molecule has 1 spiro atoms. The van der Waals surface area contributed by atoms with Crippen LogP contribution in [0.3, 0.4) is 0 Å². The maximum atomic E-state index is 15.3. The van der Waals surface area contributed by atoms with Gasteiger partial charge in [-0.3, -0.25) is 14.8 Å². The van der Waals surface area contributed by atoms with Crippen LogP contribution in [-0.4, -0.2) is 63.4 Å². The molecule has 0 aromatic carbocycles. The van der Waals surface area contributed by atoms with Crippen molar-refractivity contribution in [3.05, 3.63) is 17.3 Å². The average Bonchev–Trinajstić information content (AvgIpc) is 3.23. The lowest BCUT2D eigenvalue weighted by Gasteiger charge is -2.23. The Bertz CT molecular complexity index is 859. The molecule has 0 bridgehead atoms. The van der Waals surface area contributed by atoms with Gasteiger partial charge in [0.05, 0.1) is 25.1 Å². The highest BCUT2D eigenvalue weighted by atomic mass is 19.1. The van der Waals surface area contributed by atoms with E-state index >= 15 is 4.39 Å². The van der Waals surface area contributed by atoms with Gasteiger partial charge in [0.1, 0.15) is 11.5 Å². The van der Waals surface area contributed by atoms with Crippen LogP contribution in [0.5, 0.6) is 0 Å². The standard InChI is InChI=1S/C22H32FN5O4/c1-14-25-17(19(23)20(26-14)27-11-18(30)22(12-27)6-7-22)9-24-21(31)16(10-28(32)13-29)8-15-4-2-3-5-15/h13,15-16,18,30,32H,2-12H2,1H3,(H,24,31)/t16-,18?/m1/s1. The number of β-amino-alcohol motifs (C(OH)–C–C–N with tert-alkyl or cyclic N) is 1. The summed E-state index contributed by atoms with van der Waals surface area (Å²) in [6.45, 7) is 2.35. The van der Waals surface area contributed by atoms with Crippen LogP contribution in [0.15, 0.2) is 0 Å². The monoisotopic (exact) mass is 449 g/mol. The minimum atomic E-state index is -0.593. The number of halogens is 1. The summed E-state index contributed by atoms with van der Waals surface area (Å²) in [5.74, 6) is -0.584. The largest absolute Gasteiger partial charge is 0.391 e. The van der Waals surface area contributed by atoms with Gasteiger partial charge in [-0.2, -0.15) is 0 Å². The van der Waals surface area contributed by atoms with Crippen LogP contribution in [0.1, 0.15) is 56.5 Å². The molecular formula is C22H32FN5O4. The first-order valence-corrected chi connectivity index (χ1v) is 11.5. The lowest BCUT2D eigenvalue weighted by Crippen LogP contribution is -2.38. The van der Waals surface area contributed by atoms with E-state index in [0.29, 0.717) is 36.3 Å². The number of aryl methyl sites for hydroxylation is 1. The topological polar surface area (TPSA) is 119 Å². The van der Waals surface area contributed by atoms with Crippen molar-refractivity contribution in [1.82, 2.24) is 20.3 Å². The zero-order chi connectivity index (χ0) is 22.9. The molecule has 3 aliphatic rings. The number of aliphatic hydroxyl groups excluding tert-OH is 1. The van der Waals surface area contributed by atoms with Crippen molar-refractivity contribution in [2.45, 2.75) is 64.5 Å². The third-order valence-corrected chi connectivity index (χ3v) is 7.23. The van der Waals surface area contributed by atoms with Crippen molar-refractivity contribution >= 4 is 18.1 Å². The van der Waals surface area contributed by atoms with Crippen molar-refractivity contribution in [2.24, 2.45) is 17.3 Å². The molecule has 0 radical (unpaired) electrons. The highest BCUT2D eigenvalue weighted by Crippen LogP contribution is 2.53. The number of carbonyl (C=O) groups excluding carboxylic acids is 2. The van der Waals surface area contributed by atoms with Crippen LogP contribution in [0.25, 0.3) is 0 Å². The number of aliphatic hydroxyl groups is 1. The molecule has 2 atom stereocenters. The molecule has 2 amide bonds. The number of hydroxylamine groups is 2. The second-order valence-corrected chi connectivity index (χ2v) is 9.64. The summed E-state index contributed by atoms with van der Waals surface area (Å²) >= 11 is 0. The number of carbonyl (C=O) groups is 2. The summed E-state index contributed by atoms with van der Waals surface area (Å²) in [5, 5.41) is 23.2. The van der Waals surface area contributed by atoms with Gasteiger partial charge in [0, 0.05) is 18.5 Å². The van der Waals surface area contributed by atoms with Gasteiger partial charge in [0.15, 0.2) is 11.6 Å². The fourth-order valence-corrected chi connectivity index (χ4v) is 5.19. The van der Waals surface area contributed by atoms with E-state index in [4.69, 9.17) is 0 Å². The number of anilines is 1. The van der Waals surface area contributed by atoms with E-state index in [1.165, 1.54) is 0 Å². The van der Waals surface area contributed by atoms with E-state index in [2.05, 4.69) is 15.3 Å². The third kappa shape index (κ3) is 4.85. The number of nitrogens with zero attached hydrogens (tertiary/aromatic N) is 4. The first-order chi connectivity index (χ1) is 15.3. The zero-order valence-electron chi connectivity index (χ0n) is 18.5. The maximum absolute atomic E-state index is 15.3. The lowest BCUT2D eigenvalue weighted by molar-refractivity contribution is -0.155. The van der Waals surface area contributed by atoms with Crippen molar-refractivity contribution in [1.29, 1.82) is 0 Å². The Morgan fingerprint density at radius 2 is 2.09 bits per heavy atom. The Hall–Kier alpha value is -2.33. The van der Waals surface area contributed by atoms with Crippen molar-refractivity contribution in [3.8, 4) is 0 Å². The van der Waals surface area contributed by atoms with Crippen LogP contribution >= 0.6 is 0 Å². The smallest absolute Gasteiger partial charge is 0.233 e. The van der Waals surface area contributed by atoms with Crippen LogP contribution in [-0.2, 0) is 16.1 Å². The Kier molecular flexibility index (Phi) is 6.62. The summed E-state index contributed by atoms with van der Waals surface area (Å²) in [6, 6.07) is 0. The second kappa shape index (κ2) is 9.27. The molecule has 3 N–H and O–H groups in total. The molecule has 176 valence electrons. The van der Waals surface area contributed by atoms with Crippen LogP contribution in [0.4, 0.5) is 10.2 Å². The molecule has 1 unspecified atom stereocenters. The number of hydrogen-bond acceptors (Lipinski definition) is 7. The van der Waals surface area contributed by atoms with Gasteiger partial charge in [-0.05, 0) is 32.1 Å². The molecular weight excluding hydrogens is 417 g/mol. The van der Waals surface area contributed by atoms with Crippen molar-refractivity contribution in [3.63, 3.8) is 0 Å². The van der Waals surface area contributed by atoms with E-state index in [9.17, 15) is 19.9 Å². The molecule has 1 aromatic heterocycles. The Balaban J connectivity index is 1.44. The van der Waals surface area contributed by atoms with Crippen LogP contribution < -0.4 is 10.2 Å². The summed E-state index contributed by atoms with van der Waals surface area (Å²) < 4.78 is 15.3. The van der Waals surface area contributed by atoms with E-state index in [1.54, 1.807) is 11.8 Å². The lowest BCUT2D eigenvalue weighted by atomic mass is 9.92. The van der Waals surface area contributed by atoms with Gasteiger partial charge in [0.25, 0.3) is 0 Å². The Morgan fingerprint density at radius 3 is 2.72 bits per heavy atom. The number of rotatable bonds is 9. The highest BCUT2D eigenvalue weighted by molar-refractivity contribution is 5.79. The molecule has 10 heteroatoms. The average molecular weight is 450 g/mol. The van der Waals surface area contributed by atoms with E-state index in [1.807, 2.05) is 0 Å². The molecule has 2 saturated carbocycles. The Morgan fingerprint density at radius 1 is 1.38 bits per heavy atom. The molecule has 32 heavy (non-hydrogen) atoms. The van der Waals surface area contributed by atoms with Gasteiger partial charge in [-0.1, -0.05) is 25.7 Å². The first kappa shape index (κ1) is 22.8. The molecule has 1 aliphatic heterocycles. The third-order valence-electron chi connectivity index (χ3n) is 7.23. The van der Waals surface area contributed by atoms with Gasteiger partial charge in [0.2, 0.25) is 12.3 Å². The highest BCUT2D eigenvalue weighted by Gasteiger charge is 2.55. The zero-order valence-corrected chi connectivity index (χ0v) is 18.5. The predicted octanol–water partition coefficient (Wildman–Crippen LogP) is 1.55. The summed E-state index contributed by atoms with van der Waals surface area (Å²) in [6.07, 6.45) is 6.54. The minimum absolute atomic E-state index is 0.0861. The quantitative estimate of drug-likeness (QED) is 0.297. The molecule has 4 rings (SSSR count). The summed E-state index contributed by atoms with van der Waals surface area (Å²) in [7, 11) is 0. The SMILES string of the molecule is Cc1nc(CNC(=O)[C@H](CC2CCCC2)CN(O)C=O)c(F)c(N2CC(O)C3(CC3)C2)n1. The number of hydrogen-bond donors (Lipinski definition) is 3. The first-order valence-electron chi connectivity index (χ1n) is 11.5. The second-order valence-electron chi connectivity index (χ2n) is 9.64. The predicted molar refractivity (Wildman–Crippen MR) is 113 cm³/mol. The molecule has 9 nitrogen and oxygen atoms in total. The van der Waals surface area contributed by atoms with E-state index in [-0.39, 0.29) is 42.3 Å². The number of aromatic nitrogens is 2. The fourth-order valence-electron chi connectivity index (χ4n) is 5.19. The van der Waals surface area contributed by atoms with Gasteiger partial charge >= 0.3 is 0 Å². The van der Waals surface area contributed by atoms with E-state index < -0.39 is 17.8 Å². The van der Waals surface area contributed by atoms with Gasteiger partial charge < -0.3 is 15.3 Å². The molecule has 1 saturated heterocycles. The molecule has 1 aromatic rings. The molecule has 3 fully saturated rings. The van der Waals surface area contributed by atoms with E-state index in [0.717, 1.165) is 38.5 Å². The number of amides is 2. The normalized spacial score (nSPS) is 22.9.